The van der Waals surface area contributed by atoms with E-state index in [0.29, 0.717) is 66.9 Å². The number of nitrogens with zero attached hydrogens (tertiary/aromatic N) is 5. The number of nitrogens with one attached hydrogen (secondary N) is 1. The number of carbonyl (C=O) groups excluding carboxylic acids is 2. The zero-order chi connectivity index (χ0) is 28.4. The topological polar surface area (TPSA) is 149 Å². The van der Waals surface area contributed by atoms with Gasteiger partial charge in [-0.1, -0.05) is 52.4 Å². The third-order valence-electron chi connectivity index (χ3n) is 6.41. The van der Waals surface area contributed by atoms with E-state index in [1.807, 2.05) is 6.07 Å². The molecule has 1 aliphatic heterocycles. The minimum Gasteiger partial charge on any atom is -0.384 e. The number of halogens is 2. The van der Waals surface area contributed by atoms with Gasteiger partial charge in [0.05, 0.1) is 34.9 Å². The highest BCUT2D eigenvalue weighted by Crippen LogP contribution is 2.49. The standard InChI is InChI=1S/C27H19Cl2N7O2S2/c28-17-3-1-4-18(29)23(17)22-16(12-31)25(32)36(19-5-2-6-20(37)24(19)22)26-34-35-27(40-26)39-13-21(38)33-15-9-7-14(11-30)8-10-15/h1,3-4,7-10,22H,2,5-6,13,32H2,(H,33,38). The van der Waals surface area contributed by atoms with Gasteiger partial charge in [-0.2, -0.15) is 10.5 Å². The molecule has 200 valence electrons. The lowest BCUT2D eigenvalue weighted by Crippen LogP contribution is -2.38. The molecule has 0 saturated heterocycles. The summed E-state index contributed by atoms with van der Waals surface area (Å²) in [6.45, 7) is 0. The number of aromatic nitrogens is 2. The number of Topliss-reactive ketones (excluding diaryl/α,β-unsaturated/α-hetero) is 1. The second-order valence-electron chi connectivity index (χ2n) is 8.83. The van der Waals surface area contributed by atoms with Crippen LogP contribution in [-0.2, 0) is 9.59 Å². The summed E-state index contributed by atoms with van der Waals surface area (Å²) in [4.78, 5) is 27.4. The van der Waals surface area contributed by atoms with Gasteiger partial charge in [0.15, 0.2) is 10.1 Å². The van der Waals surface area contributed by atoms with Gasteiger partial charge in [0.1, 0.15) is 5.82 Å². The number of nitriles is 2. The average molecular weight is 609 g/mol. The van der Waals surface area contributed by atoms with Crippen molar-refractivity contribution in [1.82, 2.24) is 10.2 Å². The highest BCUT2D eigenvalue weighted by atomic mass is 35.5. The Bertz CT molecular complexity index is 1650. The molecule has 1 aromatic heterocycles. The number of anilines is 2. The normalized spacial score (nSPS) is 16.9. The van der Waals surface area contributed by atoms with E-state index in [4.69, 9.17) is 34.2 Å². The number of benzene rings is 2. The molecular weight excluding hydrogens is 589 g/mol. The Balaban J connectivity index is 1.43. The Hall–Kier alpha value is -3.87. The van der Waals surface area contributed by atoms with Gasteiger partial charge in [-0.15, -0.1) is 10.2 Å². The maximum absolute atomic E-state index is 13.3. The summed E-state index contributed by atoms with van der Waals surface area (Å²) in [6.07, 6.45) is 1.48. The van der Waals surface area contributed by atoms with Gasteiger partial charge in [-0.3, -0.25) is 14.5 Å². The third kappa shape index (κ3) is 5.29. The van der Waals surface area contributed by atoms with Crippen LogP contribution in [0.3, 0.4) is 0 Å². The summed E-state index contributed by atoms with van der Waals surface area (Å²) in [7, 11) is 0. The summed E-state index contributed by atoms with van der Waals surface area (Å²) in [5, 5.41) is 31.4. The van der Waals surface area contributed by atoms with E-state index in [1.165, 1.54) is 23.1 Å². The van der Waals surface area contributed by atoms with Gasteiger partial charge in [0.2, 0.25) is 11.0 Å². The average Bonchev–Trinajstić information content (AvgIpc) is 3.41. The predicted octanol–water partition coefficient (Wildman–Crippen LogP) is 5.75. The van der Waals surface area contributed by atoms with Gasteiger partial charge in [0.25, 0.3) is 0 Å². The molecular formula is C27H19Cl2N7O2S2. The number of ketones is 1. The number of nitrogens with two attached hydrogens (primary N) is 1. The number of amides is 1. The minimum absolute atomic E-state index is 0.0723. The second-order valence-corrected chi connectivity index (χ2v) is 11.8. The van der Waals surface area contributed by atoms with Gasteiger partial charge in [0, 0.05) is 39.0 Å². The molecule has 0 bridgehead atoms. The van der Waals surface area contributed by atoms with E-state index >= 15 is 0 Å². The van der Waals surface area contributed by atoms with Crippen LogP contribution in [0, 0.1) is 22.7 Å². The summed E-state index contributed by atoms with van der Waals surface area (Å²) < 4.78 is 0.511. The molecule has 1 atom stereocenters. The molecule has 0 fully saturated rings. The molecule has 9 nitrogen and oxygen atoms in total. The van der Waals surface area contributed by atoms with Crippen LogP contribution in [0.5, 0.6) is 0 Å². The van der Waals surface area contributed by atoms with E-state index in [1.54, 1.807) is 47.4 Å². The first-order valence-electron chi connectivity index (χ1n) is 12.0. The van der Waals surface area contributed by atoms with E-state index in [-0.39, 0.29) is 28.8 Å². The lowest BCUT2D eigenvalue weighted by Gasteiger charge is -2.38. The molecule has 40 heavy (non-hydrogen) atoms. The third-order valence-corrected chi connectivity index (χ3v) is 9.11. The van der Waals surface area contributed by atoms with Crippen LogP contribution in [0.4, 0.5) is 10.8 Å². The summed E-state index contributed by atoms with van der Waals surface area (Å²) in [5.41, 5.74) is 9.34. The molecule has 3 N–H and O–H groups in total. The maximum atomic E-state index is 13.3. The van der Waals surface area contributed by atoms with Gasteiger partial charge >= 0.3 is 0 Å². The smallest absolute Gasteiger partial charge is 0.234 e. The van der Waals surface area contributed by atoms with Crippen LogP contribution >= 0.6 is 46.3 Å². The van der Waals surface area contributed by atoms with Crippen molar-refractivity contribution in [3.05, 3.63) is 86.3 Å². The number of rotatable bonds is 6. The molecule has 1 aliphatic carbocycles. The van der Waals surface area contributed by atoms with Crippen LogP contribution in [0.1, 0.15) is 36.3 Å². The van der Waals surface area contributed by atoms with E-state index in [2.05, 4.69) is 21.6 Å². The molecule has 1 amide bonds. The molecule has 0 radical (unpaired) electrons. The number of carbonyl (C=O) groups is 2. The fourth-order valence-electron chi connectivity index (χ4n) is 4.68. The molecule has 0 saturated carbocycles. The Morgan fingerprint density at radius 3 is 2.52 bits per heavy atom. The lowest BCUT2D eigenvalue weighted by atomic mass is 9.75. The first-order chi connectivity index (χ1) is 19.3. The highest BCUT2D eigenvalue weighted by molar-refractivity contribution is 8.01. The van der Waals surface area contributed by atoms with Crippen LogP contribution in [-0.4, -0.2) is 27.6 Å². The molecule has 2 heterocycles. The second kappa shape index (κ2) is 11.7. The van der Waals surface area contributed by atoms with Gasteiger partial charge in [-0.25, -0.2) is 0 Å². The quantitative estimate of drug-likeness (QED) is 0.334. The first-order valence-corrected chi connectivity index (χ1v) is 14.5. The Morgan fingerprint density at radius 1 is 1.12 bits per heavy atom. The predicted molar refractivity (Wildman–Crippen MR) is 155 cm³/mol. The monoisotopic (exact) mass is 607 g/mol. The zero-order valence-electron chi connectivity index (χ0n) is 20.6. The number of allylic oxidation sites excluding steroid dienone is 3. The molecule has 1 unspecified atom stereocenters. The van der Waals surface area contributed by atoms with Crippen molar-refractivity contribution in [1.29, 1.82) is 10.5 Å². The van der Waals surface area contributed by atoms with Crippen molar-refractivity contribution < 1.29 is 9.59 Å². The van der Waals surface area contributed by atoms with Crippen LogP contribution in [0.2, 0.25) is 10.0 Å². The molecule has 2 aliphatic rings. The van der Waals surface area contributed by atoms with Crippen molar-refractivity contribution in [2.45, 2.75) is 29.5 Å². The van der Waals surface area contributed by atoms with Crippen molar-refractivity contribution in [3.63, 3.8) is 0 Å². The Kier molecular flexibility index (Phi) is 8.10. The SMILES string of the molecule is N#CC1=C(N)N(c2nnc(SCC(=O)Nc3ccc(C#N)cc3)s2)C2=C(C(=O)CCC2)C1c1c(Cl)cccc1Cl. The van der Waals surface area contributed by atoms with Gasteiger partial charge in [-0.05, 0) is 49.2 Å². The highest BCUT2D eigenvalue weighted by Gasteiger charge is 2.42. The zero-order valence-corrected chi connectivity index (χ0v) is 23.8. The largest absolute Gasteiger partial charge is 0.384 e. The van der Waals surface area contributed by atoms with E-state index in [9.17, 15) is 14.9 Å². The summed E-state index contributed by atoms with van der Waals surface area (Å²) in [6, 6.07) is 15.8. The number of hydrogen-bond acceptors (Lipinski definition) is 10. The van der Waals surface area contributed by atoms with E-state index < -0.39 is 5.92 Å². The Morgan fingerprint density at radius 2 is 1.85 bits per heavy atom. The fourth-order valence-corrected chi connectivity index (χ4v) is 6.98. The first kappa shape index (κ1) is 27.7. The molecule has 3 aromatic rings. The van der Waals surface area contributed by atoms with Gasteiger partial charge < -0.3 is 11.1 Å². The number of thioether (sulfide) groups is 1. The van der Waals surface area contributed by atoms with Crippen molar-refractivity contribution in [2.75, 3.05) is 16.0 Å². The fraction of sp³-hybridized carbons (Fsp3) is 0.185. The summed E-state index contributed by atoms with van der Waals surface area (Å²) in [5.74, 6) is -0.951. The molecule has 0 spiro atoms. The Labute approximate surface area is 247 Å². The molecule has 5 rings (SSSR count). The maximum Gasteiger partial charge on any atom is 0.234 e. The van der Waals surface area contributed by atoms with Crippen molar-refractivity contribution in [3.8, 4) is 12.1 Å². The minimum atomic E-state index is -0.794. The molecule has 2 aromatic carbocycles. The number of hydrogen-bond donors (Lipinski definition) is 2. The van der Waals surface area contributed by atoms with Crippen molar-refractivity contribution >= 4 is 68.8 Å². The van der Waals surface area contributed by atoms with Crippen molar-refractivity contribution in [2.24, 2.45) is 5.73 Å². The lowest BCUT2D eigenvalue weighted by molar-refractivity contribution is -0.116. The molecule has 13 heteroatoms. The van der Waals surface area contributed by atoms with Crippen LogP contribution in [0.15, 0.2) is 69.5 Å². The van der Waals surface area contributed by atoms with Crippen LogP contribution in [0.25, 0.3) is 0 Å². The summed E-state index contributed by atoms with van der Waals surface area (Å²) >= 11 is 15.4. The van der Waals surface area contributed by atoms with E-state index in [0.717, 1.165) is 0 Å². The van der Waals surface area contributed by atoms with Crippen LogP contribution < -0.4 is 16.0 Å².